The van der Waals surface area contributed by atoms with E-state index >= 15 is 0 Å². The van der Waals surface area contributed by atoms with Gasteiger partial charge in [-0.05, 0) is 38.5 Å². The van der Waals surface area contributed by atoms with Gasteiger partial charge in [0.05, 0.1) is 5.75 Å². The van der Waals surface area contributed by atoms with Crippen molar-refractivity contribution in [3.8, 4) is 0 Å². The average Bonchev–Trinajstić information content (AvgIpc) is 2.19. The van der Waals surface area contributed by atoms with E-state index in [2.05, 4.69) is 0 Å². The lowest BCUT2D eigenvalue weighted by Crippen LogP contribution is -2.47. The second kappa shape index (κ2) is 4.39. The molecule has 2 N–H and O–H groups in total. The summed E-state index contributed by atoms with van der Waals surface area (Å²) in [6, 6.07) is 0.517. The molecule has 0 aromatic rings. The van der Waals surface area contributed by atoms with Crippen LogP contribution in [0, 0.1) is 0 Å². The summed E-state index contributed by atoms with van der Waals surface area (Å²) in [5, 5.41) is 0. The Bertz CT molecular complexity index is 307. The lowest BCUT2D eigenvalue weighted by Gasteiger charge is -2.37. The topological polar surface area (TPSA) is 63.4 Å². The van der Waals surface area contributed by atoms with E-state index in [9.17, 15) is 8.42 Å². The van der Waals surface area contributed by atoms with Gasteiger partial charge in [0.2, 0.25) is 10.0 Å². The van der Waals surface area contributed by atoms with E-state index in [4.69, 9.17) is 5.73 Å². The maximum atomic E-state index is 11.9. The van der Waals surface area contributed by atoms with Crippen molar-refractivity contribution in [2.75, 3.05) is 12.3 Å². The molecule has 0 spiro atoms. The van der Waals surface area contributed by atoms with Gasteiger partial charge in [0.25, 0.3) is 0 Å². The van der Waals surface area contributed by atoms with Crippen molar-refractivity contribution in [3.05, 3.63) is 0 Å². The van der Waals surface area contributed by atoms with Gasteiger partial charge in [-0.1, -0.05) is 0 Å². The van der Waals surface area contributed by atoms with Crippen LogP contribution in [-0.2, 0) is 10.0 Å². The molecule has 0 amide bonds. The summed E-state index contributed by atoms with van der Waals surface area (Å²) in [6.45, 7) is 0.724. The van der Waals surface area contributed by atoms with E-state index in [0.29, 0.717) is 5.75 Å². The highest BCUT2D eigenvalue weighted by atomic mass is 32.2. The predicted molar refractivity (Wildman–Crippen MR) is 60.0 cm³/mol. The van der Waals surface area contributed by atoms with Crippen LogP contribution in [0.15, 0.2) is 0 Å². The first-order valence-corrected chi connectivity index (χ1v) is 7.45. The molecule has 88 valence electrons. The quantitative estimate of drug-likeness (QED) is 0.723. The third-order valence-corrected chi connectivity index (χ3v) is 5.54. The molecular weight excluding hydrogens is 212 g/mol. The highest BCUT2D eigenvalue weighted by Crippen LogP contribution is 2.27. The van der Waals surface area contributed by atoms with Crippen LogP contribution in [0.2, 0.25) is 0 Å². The van der Waals surface area contributed by atoms with Gasteiger partial charge < -0.3 is 5.73 Å². The van der Waals surface area contributed by atoms with Crippen LogP contribution in [0.1, 0.15) is 38.5 Å². The van der Waals surface area contributed by atoms with Crippen molar-refractivity contribution < 1.29 is 8.42 Å². The number of nitrogens with two attached hydrogens (primary N) is 1. The number of sulfonamides is 1. The largest absolute Gasteiger partial charge is 0.328 e. The molecule has 0 aromatic heterocycles. The molecule has 0 unspecified atom stereocenters. The molecule has 0 aromatic carbocycles. The standard InChI is InChI=1S/C10H20N2O2S/c11-9-3-5-10(6-4-9)12-7-1-2-8-15(12,13)14/h9-10H,1-8,11H2. The van der Waals surface area contributed by atoms with Gasteiger partial charge in [0.1, 0.15) is 0 Å². The molecule has 15 heavy (non-hydrogen) atoms. The van der Waals surface area contributed by atoms with Crippen molar-refractivity contribution in [2.24, 2.45) is 5.73 Å². The van der Waals surface area contributed by atoms with Crippen LogP contribution >= 0.6 is 0 Å². The zero-order chi connectivity index (χ0) is 10.9. The molecule has 2 rings (SSSR count). The van der Waals surface area contributed by atoms with E-state index < -0.39 is 10.0 Å². The fraction of sp³-hybridized carbons (Fsp3) is 1.00. The number of nitrogens with zero attached hydrogens (tertiary/aromatic N) is 1. The Labute approximate surface area is 91.9 Å². The maximum Gasteiger partial charge on any atom is 0.214 e. The van der Waals surface area contributed by atoms with Crippen LogP contribution in [0.3, 0.4) is 0 Å². The highest BCUT2D eigenvalue weighted by molar-refractivity contribution is 7.89. The SMILES string of the molecule is NC1CCC(N2CCCCS2(=O)=O)CC1. The minimum atomic E-state index is -2.95. The third kappa shape index (κ3) is 2.52. The van der Waals surface area contributed by atoms with E-state index in [-0.39, 0.29) is 12.1 Å². The second-order valence-corrected chi connectivity index (χ2v) is 6.74. The molecule has 1 heterocycles. The van der Waals surface area contributed by atoms with Gasteiger partial charge in [-0.2, -0.15) is 4.31 Å². The first-order valence-electron chi connectivity index (χ1n) is 5.85. The van der Waals surface area contributed by atoms with Crippen molar-refractivity contribution in [2.45, 2.75) is 50.6 Å². The summed E-state index contributed by atoms with van der Waals surface area (Å²) in [4.78, 5) is 0. The fourth-order valence-electron chi connectivity index (χ4n) is 2.61. The fourth-order valence-corrected chi connectivity index (χ4v) is 4.48. The first-order chi connectivity index (χ1) is 7.09. The van der Waals surface area contributed by atoms with Crippen molar-refractivity contribution >= 4 is 10.0 Å². The van der Waals surface area contributed by atoms with Crippen LogP contribution in [0.5, 0.6) is 0 Å². The number of hydrogen-bond donors (Lipinski definition) is 1. The minimum Gasteiger partial charge on any atom is -0.328 e. The molecule has 4 nitrogen and oxygen atoms in total. The van der Waals surface area contributed by atoms with Crippen LogP contribution in [0.25, 0.3) is 0 Å². The molecule has 5 heteroatoms. The van der Waals surface area contributed by atoms with Gasteiger partial charge in [-0.15, -0.1) is 0 Å². The summed E-state index contributed by atoms with van der Waals surface area (Å²) in [5.74, 6) is 0.343. The molecule has 2 aliphatic rings. The molecule has 0 bridgehead atoms. The van der Waals surface area contributed by atoms with Gasteiger partial charge >= 0.3 is 0 Å². The Kier molecular flexibility index (Phi) is 3.33. The van der Waals surface area contributed by atoms with E-state index in [1.807, 2.05) is 0 Å². The van der Waals surface area contributed by atoms with Crippen molar-refractivity contribution in [1.29, 1.82) is 0 Å². The third-order valence-electron chi connectivity index (χ3n) is 3.54. The van der Waals surface area contributed by atoms with Crippen LogP contribution < -0.4 is 5.73 Å². The van der Waals surface area contributed by atoms with E-state index in [1.54, 1.807) is 4.31 Å². The first kappa shape index (κ1) is 11.4. The Hall–Kier alpha value is -0.130. The monoisotopic (exact) mass is 232 g/mol. The Morgan fingerprint density at radius 1 is 1.07 bits per heavy atom. The normalized spacial score (nSPS) is 37.7. The molecule has 1 saturated carbocycles. The number of rotatable bonds is 1. The smallest absolute Gasteiger partial charge is 0.214 e. The van der Waals surface area contributed by atoms with Gasteiger partial charge in [-0.3, -0.25) is 0 Å². The van der Waals surface area contributed by atoms with Crippen molar-refractivity contribution in [3.63, 3.8) is 0 Å². The predicted octanol–water partition coefficient (Wildman–Crippen LogP) is 0.682. The zero-order valence-electron chi connectivity index (χ0n) is 9.06. The van der Waals surface area contributed by atoms with Crippen LogP contribution in [0.4, 0.5) is 0 Å². The van der Waals surface area contributed by atoms with E-state index in [0.717, 1.165) is 45.1 Å². The lowest BCUT2D eigenvalue weighted by molar-refractivity contribution is 0.231. The molecule has 0 atom stereocenters. The summed E-state index contributed by atoms with van der Waals surface area (Å²) in [5.41, 5.74) is 5.83. The minimum absolute atomic E-state index is 0.232. The Morgan fingerprint density at radius 3 is 2.33 bits per heavy atom. The van der Waals surface area contributed by atoms with Crippen molar-refractivity contribution in [1.82, 2.24) is 4.31 Å². The van der Waals surface area contributed by atoms with Gasteiger partial charge in [-0.25, -0.2) is 8.42 Å². The molecule has 0 radical (unpaired) electrons. The van der Waals surface area contributed by atoms with Gasteiger partial charge in [0, 0.05) is 18.6 Å². The summed E-state index contributed by atoms with van der Waals surface area (Å²) >= 11 is 0. The summed E-state index contributed by atoms with van der Waals surface area (Å²) in [6.07, 6.45) is 5.67. The molecular formula is C10H20N2O2S. The highest BCUT2D eigenvalue weighted by Gasteiger charge is 2.33. The van der Waals surface area contributed by atoms with Gasteiger partial charge in [0.15, 0.2) is 0 Å². The molecule has 1 saturated heterocycles. The molecule has 2 fully saturated rings. The van der Waals surface area contributed by atoms with E-state index in [1.165, 1.54) is 0 Å². The Morgan fingerprint density at radius 2 is 1.73 bits per heavy atom. The summed E-state index contributed by atoms with van der Waals surface area (Å²) < 4.78 is 25.5. The zero-order valence-corrected chi connectivity index (χ0v) is 9.88. The molecule has 1 aliphatic heterocycles. The number of hydrogen-bond acceptors (Lipinski definition) is 3. The molecule has 1 aliphatic carbocycles. The lowest BCUT2D eigenvalue weighted by atomic mass is 9.92. The second-order valence-electron chi connectivity index (χ2n) is 4.70. The Balaban J connectivity index is 2.03. The maximum absolute atomic E-state index is 11.9. The summed E-state index contributed by atoms with van der Waals surface area (Å²) in [7, 11) is -2.95. The average molecular weight is 232 g/mol. The van der Waals surface area contributed by atoms with Crippen LogP contribution in [-0.4, -0.2) is 37.1 Å².